The minimum atomic E-state index is -0.538. The van der Waals surface area contributed by atoms with E-state index >= 15 is 0 Å². The third-order valence-corrected chi connectivity index (χ3v) is 3.33. The molecule has 0 atom stereocenters. The van der Waals surface area contributed by atoms with Crippen molar-refractivity contribution in [2.24, 2.45) is 10.7 Å². The maximum absolute atomic E-state index is 11.4. The third-order valence-electron chi connectivity index (χ3n) is 3.33. The fraction of sp³-hybridized carbons (Fsp3) is 0.333. The van der Waals surface area contributed by atoms with E-state index in [1.807, 2.05) is 18.2 Å². The highest BCUT2D eigenvalue weighted by Crippen LogP contribution is 2.21. The monoisotopic (exact) mass is 273 g/mol. The van der Waals surface area contributed by atoms with Crippen LogP contribution in [0.5, 0.6) is 0 Å². The SMILES string of the molecule is CCN(CC)c1ccc2cc(C(N)=O)c(=NC)oc2c1. The third kappa shape index (κ3) is 2.52. The van der Waals surface area contributed by atoms with Crippen LogP contribution >= 0.6 is 0 Å². The van der Waals surface area contributed by atoms with Crippen molar-refractivity contribution in [3.05, 3.63) is 35.4 Å². The smallest absolute Gasteiger partial charge is 0.254 e. The van der Waals surface area contributed by atoms with Crippen molar-refractivity contribution in [3.8, 4) is 0 Å². The van der Waals surface area contributed by atoms with Crippen LogP contribution < -0.4 is 16.2 Å². The number of carbonyl (C=O) groups is 1. The quantitative estimate of drug-likeness (QED) is 0.924. The molecule has 2 aromatic rings. The second kappa shape index (κ2) is 5.77. The van der Waals surface area contributed by atoms with Gasteiger partial charge in [0.15, 0.2) is 0 Å². The average molecular weight is 273 g/mol. The lowest BCUT2D eigenvalue weighted by Gasteiger charge is -2.21. The fourth-order valence-corrected chi connectivity index (χ4v) is 2.24. The Bertz CT molecular complexity index is 700. The van der Waals surface area contributed by atoms with Crippen molar-refractivity contribution in [2.75, 3.05) is 25.0 Å². The summed E-state index contributed by atoms with van der Waals surface area (Å²) in [6, 6.07) is 7.62. The topological polar surface area (TPSA) is 71.8 Å². The number of carbonyl (C=O) groups excluding carboxylic acids is 1. The molecular formula is C15H19N3O2. The Morgan fingerprint density at radius 1 is 1.30 bits per heavy atom. The zero-order valence-electron chi connectivity index (χ0n) is 12.0. The standard InChI is InChI=1S/C15H19N3O2/c1-4-18(5-2)11-7-6-10-8-12(14(16)19)15(17-3)20-13(10)9-11/h6-9H,4-5H2,1-3H3,(H2,16,19). The lowest BCUT2D eigenvalue weighted by molar-refractivity contribution is 0.0996. The van der Waals surface area contributed by atoms with E-state index in [1.54, 1.807) is 13.1 Å². The number of fused-ring (bicyclic) bond motifs is 1. The molecule has 0 aliphatic carbocycles. The largest absolute Gasteiger partial charge is 0.438 e. The van der Waals surface area contributed by atoms with Gasteiger partial charge in [-0.15, -0.1) is 0 Å². The minimum absolute atomic E-state index is 0.265. The molecule has 2 N–H and O–H groups in total. The molecule has 0 saturated carbocycles. The molecule has 2 rings (SSSR count). The molecular weight excluding hydrogens is 254 g/mol. The second-order valence-corrected chi connectivity index (χ2v) is 4.45. The van der Waals surface area contributed by atoms with Gasteiger partial charge in [0, 0.05) is 37.3 Å². The maximum atomic E-state index is 11.4. The van der Waals surface area contributed by atoms with Crippen LogP contribution in [-0.4, -0.2) is 26.0 Å². The van der Waals surface area contributed by atoms with E-state index in [9.17, 15) is 4.79 Å². The molecule has 0 spiro atoms. The van der Waals surface area contributed by atoms with Gasteiger partial charge in [-0.2, -0.15) is 0 Å². The number of anilines is 1. The van der Waals surface area contributed by atoms with E-state index in [4.69, 9.17) is 10.2 Å². The normalized spacial score (nSPS) is 11.8. The Hall–Kier alpha value is -2.30. The summed E-state index contributed by atoms with van der Waals surface area (Å²) < 4.78 is 5.69. The molecule has 5 heteroatoms. The van der Waals surface area contributed by atoms with Crippen molar-refractivity contribution in [1.82, 2.24) is 0 Å². The van der Waals surface area contributed by atoms with Gasteiger partial charge in [0.2, 0.25) is 5.55 Å². The number of hydrogen-bond acceptors (Lipinski definition) is 4. The van der Waals surface area contributed by atoms with Crippen molar-refractivity contribution in [1.29, 1.82) is 0 Å². The molecule has 1 aromatic carbocycles. The van der Waals surface area contributed by atoms with Crippen LogP contribution in [0.2, 0.25) is 0 Å². The van der Waals surface area contributed by atoms with Crippen LogP contribution in [0.4, 0.5) is 5.69 Å². The number of amides is 1. The van der Waals surface area contributed by atoms with E-state index in [0.717, 1.165) is 24.2 Å². The number of hydrogen-bond donors (Lipinski definition) is 1. The van der Waals surface area contributed by atoms with E-state index in [1.165, 1.54) is 0 Å². The summed E-state index contributed by atoms with van der Waals surface area (Å²) in [7, 11) is 1.57. The van der Waals surface area contributed by atoms with Crippen LogP contribution in [0.15, 0.2) is 33.7 Å². The molecule has 0 aliphatic rings. The molecule has 1 heterocycles. The molecule has 0 bridgehead atoms. The number of nitrogens with two attached hydrogens (primary N) is 1. The van der Waals surface area contributed by atoms with E-state index < -0.39 is 5.91 Å². The lowest BCUT2D eigenvalue weighted by Crippen LogP contribution is -2.22. The van der Waals surface area contributed by atoms with Crippen LogP contribution in [-0.2, 0) is 0 Å². The van der Waals surface area contributed by atoms with Gasteiger partial charge >= 0.3 is 0 Å². The predicted molar refractivity (Wildman–Crippen MR) is 79.8 cm³/mol. The molecule has 0 radical (unpaired) electrons. The van der Waals surface area contributed by atoms with Gasteiger partial charge < -0.3 is 15.1 Å². The Labute approximate surface area is 117 Å². The summed E-state index contributed by atoms with van der Waals surface area (Å²) in [5.74, 6) is -0.538. The van der Waals surface area contributed by atoms with Crippen LogP contribution in [0.25, 0.3) is 11.0 Å². The van der Waals surface area contributed by atoms with Crippen LogP contribution in [0.3, 0.4) is 0 Å². The highest BCUT2D eigenvalue weighted by molar-refractivity contribution is 5.95. The van der Waals surface area contributed by atoms with Crippen molar-refractivity contribution in [2.45, 2.75) is 13.8 Å². The fourth-order valence-electron chi connectivity index (χ4n) is 2.24. The van der Waals surface area contributed by atoms with Crippen molar-refractivity contribution in [3.63, 3.8) is 0 Å². The molecule has 0 fully saturated rings. The minimum Gasteiger partial charge on any atom is -0.438 e. The highest BCUT2D eigenvalue weighted by atomic mass is 16.3. The summed E-state index contributed by atoms with van der Waals surface area (Å²) >= 11 is 0. The van der Waals surface area contributed by atoms with Gasteiger partial charge in [0.1, 0.15) is 11.1 Å². The molecule has 1 amide bonds. The van der Waals surface area contributed by atoms with E-state index in [-0.39, 0.29) is 5.55 Å². The zero-order valence-corrected chi connectivity index (χ0v) is 12.0. The van der Waals surface area contributed by atoms with Crippen LogP contribution in [0, 0.1) is 0 Å². The van der Waals surface area contributed by atoms with Gasteiger partial charge in [0.05, 0.1) is 0 Å². The molecule has 0 saturated heterocycles. The van der Waals surface area contributed by atoms with E-state index in [0.29, 0.717) is 11.1 Å². The summed E-state index contributed by atoms with van der Waals surface area (Å²) in [6.07, 6.45) is 0. The second-order valence-electron chi connectivity index (χ2n) is 4.45. The van der Waals surface area contributed by atoms with Gasteiger partial charge in [-0.25, -0.2) is 0 Å². The first-order valence-electron chi connectivity index (χ1n) is 6.66. The molecule has 20 heavy (non-hydrogen) atoms. The number of benzene rings is 1. The highest BCUT2D eigenvalue weighted by Gasteiger charge is 2.10. The number of nitrogens with zero attached hydrogens (tertiary/aromatic N) is 2. The molecule has 0 unspecified atom stereocenters. The van der Waals surface area contributed by atoms with E-state index in [2.05, 4.69) is 23.7 Å². The first kappa shape index (κ1) is 14.1. The van der Waals surface area contributed by atoms with Crippen molar-refractivity contribution < 1.29 is 9.21 Å². The zero-order chi connectivity index (χ0) is 14.7. The predicted octanol–water partition coefficient (Wildman–Crippen LogP) is 1.91. The lowest BCUT2D eigenvalue weighted by atomic mass is 10.1. The summed E-state index contributed by atoms with van der Waals surface area (Å²) in [5.41, 5.74) is 7.68. The molecule has 106 valence electrons. The molecule has 5 nitrogen and oxygen atoms in total. The van der Waals surface area contributed by atoms with Crippen molar-refractivity contribution >= 4 is 22.6 Å². The van der Waals surface area contributed by atoms with Gasteiger partial charge in [0.25, 0.3) is 5.91 Å². The average Bonchev–Trinajstić information content (AvgIpc) is 2.46. The number of rotatable bonds is 4. The summed E-state index contributed by atoms with van der Waals surface area (Å²) in [4.78, 5) is 17.6. The Kier molecular flexibility index (Phi) is 4.08. The Morgan fingerprint density at radius 2 is 2.00 bits per heavy atom. The summed E-state index contributed by atoms with van der Waals surface area (Å²) in [6.45, 7) is 6.06. The first-order valence-corrected chi connectivity index (χ1v) is 6.66. The Morgan fingerprint density at radius 3 is 2.55 bits per heavy atom. The van der Waals surface area contributed by atoms with Gasteiger partial charge in [-0.1, -0.05) is 0 Å². The molecule has 1 aromatic heterocycles. The first-order chi connectivity index (χ1) is 9.60. The maximum Gasteiger partial charge on any atom is 0.254 e. The Balaban J connectivity index is 2.65. The molecule has 0 aliphatic heterocycles. The van der Waals surface area contributed by atoms with Crippen LogP contribution in [0.1, 0.15) is 24.2 Å². The van der Waals surface area contributed by atoms with Gasteiger partial charge in [-0.05, 0) is 32.0 Å². The summed E-state index contributed by atoms with van der Waals surface area (Å²) in [5, 5.41) is 0.835. The van der Waals surface area contributed by atoms with Gasteiger partial charge in [-0.3, -0.25) is 9.79 Å². The number of primary amides is 1.